The van der Waals surface area contributed by atoms with Crippen LogP contribution in [-0.2, 0) is 4.74 Å². The van der Waals surface area contributed by atoms with E-state index in [1.807, 2.05) is 41.3 Å². The summed E-state index contributed by atoms with van der Waals surface area (Å²) in [6.45, 7) is 5.89. The summed E-state index contributed by atoms with van der Waals surface area (Å²) in [4.78, 5) is 14.4. The van der Waals surface area contributed by atoms with Gasteiger partial charge >= 0.3 is 0 Å². The number of imidazole rings is 1. The molecule has 0 aliphatic carbocycles. The van der Waals surface area contributed by atoms with Gasteiger partial charge in [-0.05, 0) is 31.0 Å². The van der Waals surface area contributed by atoms with Crippen LogP contribution in [0.2, 0.25) is 0 Å². The zero-order valence-electron chi connectivity index (χ0n) is 18.7. The molecule has 7 heteroatoms. The Kier molecular flexibility index (Phi) is 5.49. The highest BCUT2D eigenvalue weighted by molar-refractivity contribution is 5.85. The maximum absolute atomic E-state index is 5.54. The van der Waals surface area contributed by atoms with Crippen LogP contribution in [0.25, 0.3) is 28.2 Å². The summed E-state index contributed by atoms with van der Waals surface area (Å²) in [5.41, 5.74) is 6.17. The Hall–Kier alpha value is -3.29. The van der Waals surface area contributed by atoms with E-state index in [4.69, 9.17) is 14.8 Å². The lowest BCUT2D eigenvalue weighted by Gasteiger charge is -2.40. The molecular weight excluding hydrogens is 412 g/mol. The molecule has 168 valence electrons. The Morgan fingerprint density at radius 3 is 2.30 bits per heavy atom. The summed E-state index contributed by atoms with van der Waals surface area (Å²) in [7, 11) is 0. The Morgan fingerprint density at radius 1 is 0.788 bits per heavy atom. The molecular formula is C26H28N6O. The van der Waals surface area contributed by atoms with Crippen molar-refractivity contribution < 1.29 is 4.74 Å². The van der Waals surface area contributed by atoms with E-state index in [9.17, 15) is 0 Å². The van der Waals surface area contributed by atoms with E-state index in [-0.39, 0.29) is 0 Å². The number of hydrogen-bond donors (Lipinski definition) is 0. The molecule has 0 radical (unpaired) electrons. The van der Waals surface area contributed by atoms with Gasteiger partial charge in [-0.3, -0.25) is 9.88 Å². The minimum Gasteiger partial charge on any atom is -0.379 e. The first-order valence-electron chi connectivity index (χ1n) is 11.8. The van der Waals surface area contributed by atoms with Gasteiger partial charge in [0.2, 0.25) is 0 Å². The molecule has 0 bridgehead atoms. The largest absolute Gasteiger partial charge is 0.379 e. The molecule has 4 aromatic rings. The minimum absolute atomic E-state index is 0.648. The maximum Gasteiger partial charge on any atom is 0.178 e. The average molecular weight is 441 g/mol. The van der Waals surface area contributed by atoms with Crippen LogP contribution in [0.5, 0.6) is 0 Å². The van der Waals surface area contributed by atoms with Crippen LogP contribution >= 0.6 is 0 Å². The van der Waals surface area contributed by atoms with Crippen molar-refractivity contribution in [2.75, 3.05) is 44.3 Å². The fourth-order valence-electron chi connectivity index (χ4n) is 5.16. The predicted molar refractivity (Wildman–Crippen MR) is 129 cm³/mol. The zero-order chi connectivity index (χ0) is 22.0. The van der Waals surface area contributed by atoms with Gasteiger partial charge in [0, 0.05) is 55.7 Å². The summed E-state index contributed by atoms with van der Waals surface area (Å²) < 4.78 is 7.54. The van der Waals surface area contributed by atoms with Crippen LogP contribution in [0.3, 0.4) is 0 Å². The van der Waals surface area contributed by atoms with Gasteiger partial charge in [-0.15, -0.1) is 0 Å². The molecule has 1 aromatic carbocycles. The molecule has 0 saturated carbocycles. The first-order valence-corrected chi connectivity index (χ1v) is 11.8. The normalized spacial score (nSPS) is 18.1. The molecule has 5 heterocycles. The third kappa shape index (κ3) is 3.87. The van der Waals surface area contributed by atoms with Gasteiger partial charge in [0.1, 0.15) is 5.69 Å². The molecule has 0 N–H and O–H groups in total. The van der Waals surface area contributed by atoms with Crippen LogP contribution in [0.4, 0.5) is 5.69 Å². The Labute approximate surface area is 193 Å². The van der Waals surface area contributed by atoms with E-state index < -0.39 is 0 Å². The number of piperidine rings is 1. The van der Waals surface area contributed by atoms with Crippen molar-refractivity contribution in [2.24, 2.45) is 0 Å². The van der Waals surface area contributed by atoms with Crippen molar-refractivity contribution in [3.63, 3.8) is 0 Å². The molecule has 0 atom stereocenters. The standard InChI is InChI=1S/C26H28N6O/c1-2-4-20(5-3-1)24-25(21-6-11-27-12-7-21)32-26(29-24)23(8-13-28-32)31-14-9-22(10-15-31)30-16-18-33-19-17-30/h1-8,11-13,22H,9-10,14-19H2. The first-order chi connectivity index (χ1) is 16.4. The monoisotopic (exact) mass is 440 g/mol. The van der Waals surface area contributed by atoms with Crippen molar-refractivity contribution in [1.82, 2.24) is 24.5 Å². The number of nitrogens with zero attached hydrogens (tertiary/aromatic N) is 6. The fourth-order valence-corrected chi connectivity index (χ4v) is 5.16. The number of aromatic nitrogens is 4. The predicted octanol–water partition coefficient (Wildman–Crippen LogP) is 3.76. The van der Waals surface area contributed by atoms with E-state index in [0.717, 1.165) is 86.1 Å². The third-order valence-electron chi connectivity index (χ3n) is 6.87. The van der Waals surface area contributed by atoms with Crippen molar-refractivity contribution in [3.05, 3.63) is 67.1 Å². The summed E-state index contributed by atoms with van der Waals surface area (Å²) in [6.07, 6.45) is 7.88. The first kappa shape index (κ1) is 20.3. The van der Waals surface area contributed by atoms with Gasteiger partial charge < -0.3 is 9.64 Å². The maximum atomic E-state index is 5.54. The molecule has 7 nitrogen and oxygen atoms in total. The molecule has 2 saturated heterocycles. The molecule has 2 aliphatic heterocycles. The van der Waals surface area contributed by atoms with Crippen LogP contribution < -0.4 is 4.90 Å². The van der Waals surface area contributed by atoms with E-state index in [1.54, 1.807) is 0 Å². The second-order valence-electron chi connectivity index (χ2n) is 8.73. The number of anilines is 1. The molecule has 0 amide bonds. The van der Waals surface area contributed by atoms with Crippen LogP contribution in [0.1, 0.15) is 12.8 Å². The second-order valence-corrected chi connectivity index (χ2v) is 8.73. The second kappa shape index (κ2) is 8.92. The lowest BCUT2D eigenvalue weighted by atomic mass is 10.0. The Morgan fingerprint density at radius 2 is 1.55 bits per heavy atom. The average Bonchev–Trinajstić information content (AvgIpc) is 3.30. The molecule has 0 unspecified atom stereocenters. The topological polar surface area (TPSA) is 58.8 Å². The van der Waals surface area contributed by atoms with E-state index in [1.165, 1.54) is 0 Å². The van der Waals surface area contributed by atoms with Crippen LogP contribution in [0.15, 0.2) is 67.1 Å². The van der Waals surface area contributed by atoms with Crippen LogP contribution in [0, 0.1) is 0 Å². The summed E-state index contributed by atoms with van der Waals surface area (Å²) >= 11 is 0. The van der Waals surface area contributed by atoms with E-state index in [2.05, 4.69) is 45.1 Å². The number of rotatable bonds is 4. The highest BCUT2D eigenvalue weighted by Crippen LogP contribution is 2.35. The molecule has 6 rings (SSSR count). The molecule has 2 fully saturated rings. The summed E-state index contributed by atoms with van der Waals surface area (Å²) in [5, 5.41) is 4.73. The number of benzene rings is 1. The van der Waals surface area contributed by atoms with E-state index >= 15 is 0 Å². The van der Waals surface area contributed by atoms with Crippen molar-refractivity contribution in [2.45, 2.75) is 18.9 Å². The number of hydrogen-bond acceptors (Lipinski definition) is 6. The smallest absolute Gasteiger partial charge is 0.178 e. The molecule has 3 aromatic heterocycles. The van der Waals surface area contributed by atoms with Crippen molar-refractivity contribution in [3.8, 4) is 22.5 Å². The molecule has 0 spiro atoms. The van der Waals surface area contributed by atoms with Crippen molar-refractivity contribution >= 4 is 11.3 Å². The minimum atomic E-state index is 0.648. The lowest BCUT2D eigenvalue weighted by molar-refractivity contribution is 0.0115. The van der Waals surface area contributed by atoms with Gasteiger partial charge in [0.15, 0.2) is 5.65 Å². The van der Waals surface area contributed by atoms with E-state index in [0.29, 0.717) is 6.04 Å². The number of ether oxygens (including phenoxy) is 1. The highest BCUT2D eigenvalue weighted by Gasteiger charge is 2.28. The fraction of sp³-hybridized carbons (Fsp3) is 0.346. The number of pyridine rings is 1. The quantitative estimate of drug-likeness (QED) is 0.482. The summed E-state index contributed by atoms with van der Waals surface area (Å²) in [5.74, 6) is 0. The van der Waals surface area contributed by atoms with Crippen molar-refractivity contribution in [1.29, 1.82) is 0 Å². The molecule has 2 aliphatic rings. The van der Waals surface area contributed by atoms with Gasteiger partial charge in [-0.2, -0.15) is 5.10 Å². The molecule has 33 heavy (non-hydrogen) atoms. The van der Waals surface area contributed by atoms with Crippen LogP contribution in [-0.4, -0.2) is 69.9 Å². The Balaban J connectivity index is 1.38. The van der Waals surface area contributed by atoms with Gasteiger partial charge in [-0.1, -0.05) is 30.3 Å². The van der Waals surface area contributed by atoms with Gasteiger partial charge in [0.25, 0.3) is 0 Å². The lowest BCUT2D eigenvalue weighted by Crippen LogP contribution is -2.49. The SMILES string of the molecule is c1ccc(-c2nc3c(N4CCC(N5CCOCC5)CC4)ccnn3c2-c2ccncc2)cc1. The van der Waals surface area contributed by atoms with Gasteiger partial charge in [-0.25, -0.2) is 9.50 Å². The highest BCUT2D eigenvalue weighted by atomic mass is 16.5. The summed E-state index contributed by atoms with van der Waals surface area (Å²) in [6, 6.07) is 17.2. The zero-order valence-corrected chi connectivity index (χ0v) is 18.7. The number of morpholine rings is 1. The van der Waals surface area contributed by atoms with Gasteiger partial charge in [0.05, 0.1) is 30.8 Å². The number of fused-ring (bicyclic) bond motifs is 1. The Bertz CT molecular complexity index is 1210. The third-order valence-corrected chi connectivity index (χ3v) is 6.87.